The Labute approximate surface area is 229 Å². The molecule has 0 fully saturated rings. The van der Waals surface area contributed by atoms with Crippen molar-refractivity contribution >= 4 is 22.8 Å². The van der Waals surface area contributed by atoms with Gasteiger partial charge in [0.05, 0.1) is 35.1 Å². The Kier molecular flexibility index (Phi) is 6.10. The van der Waals surface area contributed by atoms with Crippen LogP contribution in [0.1, 0.15) is 59.2 Å². The minimum atomic E-state index is -1.97. The summed E-state index contributed by atoms with van der Waals surface area (Å²) in [6.45, 7) is 3.41. The zero-order chi connectivity index (χ0) is 28.7. The van der Waals surface area contributed by atoms with Gasteiger partial charge in [0, 0.05) is 29.1 Å². The van der Waals surface area contributed by atoms with E-state index in [1.165, 1.54) is 10.6 Å². The summed E-state index contributed by atoms with van der Waals surface area (Å²) in [7, 11) is 3.52. The maximum absolute atomic E-state index is 15.0. The van der Waals surface area contributed by atoms with Gasteiger partial charge < -0.3 is 29.7 Å². The van der Waals surface area contributed by atoms with Crippen LogP contribution in [-0.2, 0) is 39.5 Å². The number of nitrogens with one attached hydrogen (secondary N) is 1. The zero-order valence-corrected chi connectivity index (χ0v) is 22.8. The lowest BCUT2D eigenvalue weighted by molar-refractivity contribution is -0.172. The molecule has 1 aromatic carbocycles. The molecule has 4 heterocycles. The number of aromatic nitrogens is 2. The molecule has 0 spiro atoms. The summed E-state index contributed by atoms with van der Waals surface area (Å²) in [6.07, 6.45) is -0.245. The van der Waals surface area contributed by atoms with E-state index in [1.807, 2.05) is 0 Å². The highest BCUT2D eigenvalue weighted by molar-refractivity contribution is 5.94. The Hall–Kier alpha value is -3.67. The largest absolute Gasteiger partial charge is 0.458 e. The molecule has 1 amide bonds. The second-order valence-electron chi connectivity index (χ2n) is 11.2. The van der Waals surface area contributed by atoms with Crippen molar-refractivity contribution in [3.8, 4) is 11.4 Å². The maximum atomic E-state index is 15.0. The molecule has 210 valence electrons. The lowest BCUT2D eigenvalue weighted by Gasteiger charge is -2.31. The number of rotatable bonds is 5. The first-order valence-corrected chi connectivity index (χ1v) is 13.4. The number of halogens is 1. The van der Waals surface area contributed by atoms with E-state index >= 15 is 4.39 Å². The molecular weight excluding hydrogens is 519 g/mol. The second-order valence-corrected chi connectivity index (χ2v) is 11.2. The number of carbonyl (C=O) groups is 2. The summed E-state index contributed by atoms with van der Waals surface area (Å²) >= 11 is 0. The summed E-state index contributed by atoms with van der Waals surface area (Å²) in [5.41, 5.74) is 2.04. The summed E-state index contributed by atoms with van der Waals surface area (Å²) in [5.74, 6) is -1.73. The van der Waals surface area contributed by atoms with Crippen molar-refractivity contribution < 1.29 is 28.9 Å². The topological polar surface area (TPSA) is 134 Å². The van der Waals surface area contributed by atoms with Gasteiger partial charge in [-0.05, 0) is 63.0 Å². The third-order valence-corrected chi connectivity index (χ3v) is 8.54. The van der Waals surface area contributed by atoms with Crippen LogP contribution in [0, 0.1) is 12.7 Å². The van der Waals surface area contributed by atoms with Crippen LogP contribution >= 0.6 is 0 Å². The number of esters is 1. The summed E-state index contributed by atoms with van der Waals surface area (Å²) in [5, 5.41) is 25.4. The second kappa shape index (κ2) is 9.18. The average Bonchev–Trinajstić information content (AvgIpc) is 3.28. The van der Waals surface area contributed by atoms with Crippen LogP contribution in [0.3, 0.4) is 0 Å². The van der Waals surface area contributed by atoms with Crippen LogP contribution in [0.5, 0.6) is 0 Å². The van der Waals surface area contributed by atoms with E-state index in [0.717, 1.165) is 16.5 Å². The van der Waals surface area contributed by atoms with Crippen molar-refractivity contribution in [3.63, 3.8) is 0 Å². The molecule has 0 saturated carbocycles. The minimum absolute atomic E-state index is 0.0161. The molecule has 3 aromatic rings. The fourth-order valence-electron chi connectivity index (χ4n) is 6.40. The molecule has 0 saturated heterocycles. The van der Waals surface area contributed by atoms with Gasteiger partial charge in [0.2, 0.25) is 0 Å². The van der Waals surface area contributed by atoms with Gasteiger partial charge in [-0.3, -0.25) is 9.59 Å². The molecule has 11 heteroatoms. The van der Waals surface area contributed by atoms with E-state index in [4.69, 9.17) is 9.72 Å². The van der Waals surface area contributed by atoms with Gasteiger partial charge in [-0.25, -0.2) is 14.2 Å². The van der Waals surface area contributed by atoms with Crippen molar-refractivity contribution in [2.45, 2.75) is 64.0 Å². The molecule has 10 nitrogen and oxygen atoms in total. The summed E-state index contributed by atoms with van der Waals surface area (Å²) in [4.78, 5) is 45.7. The molecule has 1 unspecified atom stereocenters. The molecule has 3 aliphatic rings. The molecule has 2 aliphatic heterocycles. The van der Waals surface area contributed by atoms with Gasteiger partial charge in [0.15, 0.2) is 5.60 Å². The van der Waals surface area contributed by atoms with Crippen molar-refractivity contribution in [3.05, 3.63) is 61.7 Å². The predicted molar refractivity (Wildman–Crippen MR) is 143 cm³/mol. The van der Waals surface area contributed by atoms with Gasteiger partial charge in [-0.1, -0.05) is 6.92 Å². The number of aliphatic hydroxyl groups excluding tert-OH is 1. The number of hydrogen-bond acceptors (Lipinski definition) is 8. The summed E-state index contributed by atoms with van der Waals surface area (Å²) in [6, 6.07) is 2.47. The normalized spacial score (nSPS) is 21.6. The standard InChI is InChI=1S/C29H31FN4O6/c1-5-29(39)17-8-21-25-15(10-34(21)27(37)16(17)12-40-28(29)38)24-19(32-26(36)22(35)11-33(3)4)7-6-14-13(2)18(30)9-20(31-25)23(14)24/h8-9,19,22,35,39H,5-7,10-12H2,1-4H3,(H,32,36)/t19-,22?,29-/m0/s1. The molecule has 0 bridgehead atoms. The van der Waals surface area contributed by atoms with Crippen molar-refractivity contribution in [1.82, 2.24) is 19.8 Å². The number of hydrogen-bond donors (Lipinski definition) is 3. The summed E-state index contributed by atoms with van der Waals surface area (Å²) < 4.78 is 21.7. The first-order chi connectivity index (χ1) is 19.0. The molecule has 2 aromatic heterocycles. The Bertz CT molecular complexity index is 1680. The van der Waals surface area contributed by atoms with Gasteiger partial charge in [0.1, 0.15) is 18.5 Å². The van der Waals surface area contributed by atoms with E-state index in [9.17, 15) is 24.6 Å². The lowest BCUT2D eigenvalue weighted by atomic mass is 9.81. The van der Waals surface area contributed by atoms with Crippen molar-refractivity contribution in [1.29, 1.82) is 0 Å². The van der Waals surface area contributed by atoms with Gasteiger partial charge in [-0.2, -0.15) is 0 Å². The highest BCUT2D eigenvalue weighted by Gasteiger charge is 2.46. The number of aliphatic hydroxyl groups is 2. The third-order valence-electron chi connectivity index (χ3n) is 8.54. The molecule has 1 aliphatic carbocycles. The van der Waals surface area contributed by atoms with E-state index < -0.39 is 41.0 Å². The van der Waals surface area contributed by atoms with Crippen LogP contribution in [0.2, 0.25) is 0 Å². The molecule has 3 N–H and O–H groups in total. The smallest absolute Gasteiger partial charge is 0.343 e. The lowest BCUT2D eigenvalue weighted by Crippen LogP contribution is -2.44. The average molecular weight is 551 g/mol. The SMILES string of the molecule is CC[C@@]1(O)C(=O)OCc2c1cc1n(c2=O)Cc2c-1nc1cc(F)c(C)c3c1c2[C@@H](NC(=O)C(O)CN(C)C)CC3. The number of fused-ring (bicyclic) bond motifs is 5. The minimum Gasteiger partial charge on any atom is -0.458 e. The number of likely N-dealkylation sites (N-methyl/N-ethyl adjacent to an activating group) is 1. The molecular formula is C29H31FN4O6. The molecule has 6 rings (SSSR count). The maximum Gasteiger partial charge on any atom is 0.343 e. The van der Waals surface area contributed by atoms with Gasteiger partial charge in [0.25, 0.3) is 11.5 Å². The van der Waals surface area contributed by atoms with E-state index in [0.29, 0.717) is 40.9 Å². The zero-order valence-electron chi connectivity index (χ0n) is 22.8. The Morgan fingerprint density at radius 1 is 1.30 bits per heavy atom. The fourth-order valence-corrected chi connectivity index (χ4v) is 6.40. The van der Waals surface area contributed by atoms with E-state index in [1.54, 1.807) is 38.9 Å². The Morgan fingerprint density at radius 2 is 2.05 bits per heavy atom. The molecule has 3 atom stereocenters. The van der Waals surface area contributed by atoms with Crippen LogP contribution in [0.15, 0.2) is 16.9 Å². The molecule has 40 heavy (non-hydrogen) atoms. The van der Waals surface area contributed by atoms with E-state index in [2.05, 4.69) is 5.32 Å². The number of pyridine rings is 2. The quantitative estimate of drug-likeness (QED) is 0.319. The number of carbonyl (C=O) groups excluding carboxylic acids is 2. The Morgan fingerprint density at radius 3 is 2.75 bits per heavy atom. The highest BCUT2D eigenvalue weighted by atomic mass is 19.1. The fraction of sp³-hybridized carbons (Fsp3) is 0.448. The van der Waals surface area contributed by atoms with E-state index in [-0.39, 0.29) is 37.2 Å². The number of benzene rings is 1. The van der Waals surface area contributed by atoms with Crippen LogP contribution in [-0.4, -0.2) is 63.3 Å². The number of ether oxygens (including phenoxy) is 1. The highest BCUT2D eigenvalue weighted by Crippen LogP contribution is 2.45. The van der Waals surface area contributed by atoms with Gasteiger partial charge >= 0.3 is 5.97 Å². The number of cyclic esters (lactones) is 1. The molecule has 0 radical (unpaired) electrons. The third kappa shape index (κ3) is 3.71. The number of aryl methyl sites for hydroxylation is 1. The van der Waals surface area contributed by atoms with Crippen LogP contribution in [0.4, 0.5) is 4.39 Å². The number of nitrogens with zero attached hydrogens (tertiary/aromatic N) is 3. The Balaban J connectivity index is 1.57. The van der Waals surface area contributed by atoms with Crippen LogP contribution in [0.25, 0.3) is 22.3 Å². The predicted octanol–water partition coefficient (Wildman–Crippen LogP) is 1.55. The first kappa shape index (κ1) is 26.5. The van der Waals surface area contributed by atoms with Crippen molar-refractivity contribution in [2.75, 3.05) is 20.6 Å². The van der Waals surface area contributed by atoms with Crippen LogP contribution < -0.4 is 10.9 Å². The first-order valence-electron chi connectivity index (χ1n) is 13.4. The monoisotopic (exact) mass is 550 g/mol. The van der Waals surface area contributed by atoms with Gasteiger partial charge in [-0.15, -0.1) is 0 Å². The number of amides is 1. The van der Waals surface area contributed by atoms with Crippen molar-refractivity contribution in [2.24, 2.45) is 0 Å².